The summed E-state index contributed by atoms with van der Waals surface area (Å²) in [5.41, 5.74) is 5.10. The van der Waals surface area contributed by atoms with E-state index in [4.69, 9.17) is 4.74 Å². The summed E-state index contributed by atoms with van der Waals surface area (Å²) in [6.45, 7) is 3.72. The first kappa shape index (κ1) is 14.4. The van der Waals surface area contributed by atoms with Crippen molar-refractivity contribution in [1.82, 2.24) is 0 Å². The van der Waals surface area contributed by atoms with Crippen molar-refractivity contribution in [2.45, 2.75) is 20.3 Å². The van der Waals surface area contributed by atoms with Crippen molar-refractivity contribution in [3.63, 3.8) is 0 Å². The molecule has 0 unspecified atom stereocenters. The van der Waals surface area contributed by atoms with E-state index < -0.39 is 0 Å². The fraction of sp³-hybridized carbons (Fsp3) is 0.211. The van der Waals surface area contributed by atoms with Gasteiger partial charge < -0.3 is 9.84 Å². The smallest absolute Gasteiger partial charge is 0.189 e. The number of carbonyl (C=O) groups excluding carboxylic acids is 1. The lowest BCUT2D eigenvalue weighted by Gasteiger charge is -2.05. The highest BCUT2D eigenvalue weighted by atomic mass is 16.5. The molecular formula is C19H18O3. The number of phenols is 1. The molecule has 22 heavy (non-hydrogen) atoms. The minimum atomic E-state index is 0.0530. The third kappa shape index (κ3) is 2.39. The summed E-state index contributed by atoms with van der Waals surface area (Å²) in [6.07, 6.45) is 2.55. The van der Waals surface area contributed by atoms with Gasteiger partial charge in [-0.15, -0.1) is 0 Å². The number of phenolic OH excluding ortho intramolecular Hbond substituents is 1. The quantitative estimate of drug-likeness (QED) is 0.856. The Morgan fingerprint density at radius 2 is 1.82 bits per heavy atom. The first-order chi connectivity index (χ1) is 10.5. The molecule has 0 radical (unpaired) electrons. The summed E-state index contributed by atoms with van der Waals surface area (Å²) in [4.78, 5) is 12.5. The number of ketones is 1. The third-order valence-electron chi connectivity index (χ3n) is 4.09. The standard InChI is InChI=1S/C19H18O3/c1-11-6-13(7-12(2)18(11)20)8-15-9-14-4-5-16(22-3)10-17(14)19(15)21/h4-8,10,20H,9H2,1-3H3/b15-8+. The molecule has 0 heterocycles. The molecule has 0 saturated heterocycles. The molecule has 0 amide bonds. The lowest BCUT2D eigenvalue weighted by Crippen LogP contribution is -1.96. The predicted octanol–water partition coefficient (Wildman–Crippen LogP) is 3.84. The fourth-order valence-corrected chi connectivity index (χ4v) is 2.90. The second kappa shape index (κ2) is 5.34. The molecule has 3 nitrogen and oxygen atoms in total. The van der Waals surface area contributed by atoms with Crippen LogP contribution in [-0.2, 0) is 6.42 Å². The van der Waals surface area contributed by atoms with Crippen LogP contribution in [0.1, 0.15) is 32.6 Å². The molecule has 2 aromatic carbocycles. The highest BCUT2D eigenvalue weighted by Crippen LogP contribution is 2.31. The van der Waals surface area contributed by atoms with Crippen LogP contribution >= 0.6 is 0 Å². The number of rotatable bonds is 2. The maximum absolute atomic E-state index is 12.5. The van der Waals surface area contributed by atoms with Gasteiger partial charge in [-0.2, -0.15) is 0 Å². The van der Waals surface area contributed by atoms with E-state index >= 15 is 0 Å². The second-order valence-corrected chi connectivity index (χ2v) is 5.70. The number of aromatic hydroxyl groups is 1. The van der Waals surface area contributed by atoms with Crippen LogP contribution in [0.4, 0.5) is 0 Å². The number of hydrogen-bond donors (Lipinski definition) is 1. The lowest BCUT2D eigenvalue weighted by molar-refractivity contribution is 0.104. The zero-order chi connectivity index (χ0) is 15.9. The minimum absolute atomic E-state index is 0.0530. The fourth-order valence-electron chi connectivity index (χ4n) is 2.90. The summed E-state index contributed by atoms with van der Waals surface area (Å²) in [6, 6.07) is 9.41. The Kier molecular flexibility index (Phi) is 3.49. The first-order valence-corrected chi connectivity index (χ1v) is 7.22. The molecule has 2 aromatic rings. The number of methoxy groups -OCH3 is 1. The average Bonchev–Trinajstić information content (AvgIpc) is 2.80. The maximum atomic E-state index is 12.5. The van der Waals surface area contributed by atoms with Crippen molar-refractivity contribution in [2.24, 2.45) is 0 Å². The molecule has 0 aromatic heterocycles. The Labute approximate surface area is 129 Å². The van der Waals surface area contributed by atoms with Crippen LogP contribution in [0.15, 0.2) is 35.9 Å². The topological polar surface area (TPSA) is 46.5 Å². The molecule has 0 aliphatic heterocycles. The van der Waals surface area contributed by atoms with E-state index in [0.717, 1.165) is 33.4 Å². The van der Waals surface area contributed by atoms with Gasteiger partial charge in [-0.25, -0.2) is 0 Å². The zero-order valence-electron chi connectivity index (χ0n) is 12.9. The number of aryl methyl sites for hydroxylation is 2. The van der Waals surface area contributed by atoms with Crippen molar-refractivity contribution in [2.75, 3.05) is 7.11 Å². The maximum Gasteiger partial charge on any atom is 0.189 e. The Balaban J connectivity index is 1.99. The normalized spacial score (nSPS) is 15.2. The molecule has 0 fully saturated rings. The Morgan fingerprint density at radius 3 is 2.45 bits per heavy atom. The largest absolute Gasteiger partial charge is 0.507 e. The van der Waals surface area contributed by atoms with E-state index in [1.54, 1.807) is 13.2 Å². The molecule has 3 rings (SSSR count). The summed E-state index contributed by atoms with van der Waals surface area (Å²) >= 11 is 0. The third-order valence-corrected chi connectivity index (χ3v) is 4.09. The minimum Gasteiger partial charge on any atom is -0.507 e. The van der Waals surface area contributed by atoms with Crippen LogP contribution < -0.4 is 4.74 Å². The molecule has 0 atom stereocenters. The molecule has 0 spiro atoms. The van der Waals surface area contributed by atoms with Gasteiger partial charge in [0.2, 0.25) is 0 Å². The van der Waals surface area contributed by atoms with Crippen LogP contribution in [0.3, 0.4) is 0 Å². The summed E-state index contributed by atoms with van der Waals surface area (Å²) in [5.74, 6) is 1.06. The number of hydrogen-bond acceptors (Lipinski definition) is 3. The number of Topliss-reactive ketones (excluding diaryl/α,β-unsaturated/α-hetero) is 1. The lowest BCUT2D eigenvalue weighted by atomic mass is 10.0. The van der Waals surface area contributed by atoms with E-state index in [1.807, 2.05) is 44.2 Å². The number of carbonyl (C=O) groups is 1. The summed E-state index contributed by atoms with van der Waals surface area (Å²) in [7, 11) is 1.60. The van der Waals surface area contributed by atoms with Gasteiger partial charge in [-0.1, -0.05) is 6.07 Å². The van der Waals surface area contributed by atoms with Crippen LogP contribution in [0, 0.1) is 13.8 Å². The van der Waals surface area contributed by atoms with E-state index in [2.05, 4.69) is 0 Å². The molecule has 1 aliphatic carbocycles. The number of allylic oxidation sites excluding steroid dienone is 1. The highest BCUT2D eigenvalue weighted by Gasteiger charge is 2.25. The van der Waals surface area contributed by atoms with Gasteiger partial charge in [0.15, 0.2) is 5.78 Å². The molecule has 1 aliphatic rings. The average molecular weight is 294 g/mol. The van der Waals surface area contributed by atoms with Crippen molar-refractivity contribution in [3.8, 4) is 11.5 Å². The van der Waals surface area contributed by atoms with E-state index in [1.165, 1.54) is 0 Å². The van der Waals surface area contributed by atoms with Crippen molar-refractivity contribution in [3.05, 3.63) is 63.7 Å². The van der Waals surface area contributed by atoms with E-state index in [9.17, 15) is 9.90 Å². The van der Waals surface area contributed by atoms with Crippen molar-refractivity contribution >= 4 is 11.9 Å². The van der Waals surface area contributed by atoms with E-state index in [-0.39, 0.29) is 5.78 Å². The van der Waals surface area contributed by atoms with Gasteiger partial charge in [0.1, 0.15) is 11.5 Å². The first-order valence-electron chi connectivity index (χ1n) is 7.22. The van der Waals surface area contributed by atoms with Gasteiger partial charge in [0.25, 0.3) is 0 Å². The Bertz CT molecular complexity index is 777. The van der Waals surface area contributed by atoms with Gasteiger partial charge in [-0.3, -0.25) is 4.79 Å². The zero-order valence-corrected chi connectivity index (χ0v) is 12.9. The molecule has 112 valence electrons. The highest BCUT2D eigenvalue weighted by molar-refractivity contribution is 6.15. The van der Waals surface area contributed by atoms with Crippen molar-refractivity contribution in [1.29, 1.82) is 0 Å². The summed E-state index contributed by atoms with van der Waals surface area (Å²) < 4.78 is 5.19. The number of benzene rings is 2. The molecule has 1 N–H and O–H groups in total. The molecule has 0 saturated carbocycles. The van der Waals surface area contributed by atoms with Crippen LogP contribution in [-0.4, -0.2) is 18.0 Å². The van der Waals surface area contributed by atoms with Crippen LogP contribution in [0.2, 0.25) is 0 Å². The number of fused-ring (bicyclic) bond motifs is 1. The molecule has 0 bridgehead atoms. The summed E-state index contributed by atoms with van der Waals surface area (Å²) in [5, 5.41) is 9.84. The van der Waals surface area contributed by atoms with Gasteiger partial charge >= 0.3 is 0 Å². The van der Waals surface area contributed by atoms with Gasteiger partial charge in [0, 0.05) is 17.6 Å². The Morgan fingerprint density at radius 1 is 1.14 bits per heavy atom. The van der Waals surface area contributed by atoms with Crippen LogP contribution in [0.5, 0.6) is 11.5 Å². The SMILES string of the molecule is COc1ccc2c(c1)C(=O)/C(=C/c1cc(C)c(O)c(C)c1)C2. The van der Waals surface area contributed by atoms with Crippen LogP contribution in [0.25, 0.3) is 6.08 Å². The second-order valence-electron chi connectivity index (χ2n) is 5.70. The monoisotopic (exact) mass is 294 g/mol. The van der Waals surface area contributed by atoms with Gasteiger partial charge in [0.05, 0.1) is 7.11 Å². The van der Waals surface area contributed by atoms with Crippen molar-refractivity contribution < 1.29 is 14.6 Å². The van der Waals surface area contributed by atoms with E-state index in [0.29, 0.717) is 17.9 Å². The Hall–Kier alpha value is -2.55. The van der Waals surface area contributed by atoms with Gasteiger partial charge in [-0.05, 0) is 66.4 Å². The predicted molar refractivity (Wildman–Crippen MR) is 86.6 cm³/mol. The molecule has 3 heteroatoms. The number of ether oxygens (including phenoxy) is 1. The molecular weight excluding hydrogens is 276 g/mol.